The summed E-state index contributed by atoms with van der Waals surface area (Å²) in [5.74, 6) is 0. The third-order valence-corrected chi connectivity index (χ3v) is 9.05. The van der Waals surface area contributed by atoms with Crippen molar-refractivity contribution in [1.29, 1.82) is 0 Å². The highest BCUT2D eigenvalue weighted by Crippen LogP contribution is 2.48. The van der Waals surface area contributed by atoms with E-state index in [-0.39, 0.29) is 6.61 Å². The molecule has 0 atom stereocenters. The summed E-state index contributed by atoms with van der Waals surface area (Å²) in [6.07, 6.45) is 0.989. The molecule has 0 aliphatic carbocycles. The molecule has 1 N–H and O–H groups in total. The summed E-state index contributed by atoms with van der Waals surface area (Å²) in [5, 5.41) is 9.13. The molecule has 0 bridgehead atoms. The zero-order valence-electron chi connectivity index (χ0n) is 18.8. The Bertz CT molecular complexity index is 1040. The van der Waals surface area contributed by atoms with Crippen molar-refractivity contribution in [3.63, 3.8) is 0 Å². The Kier molecular flexibility index (Phi) is 7.44. The predicted octanol–water partition coefficient (Wildman–Crippen LogP) is 2.54. The second-order valence-corrected chi connectivity index (χ2v) is 11.6. The lowest BCUT2D eigenvalue weighted by atomic mass is 10.2. The zero-order valence-corrected chi connectivity index (χ0v) is 20.4. The summed E-state index contributed by atoms with van der Waals surface area (Å²) in [4.78, 5) is 9.66. The first-order valence-electron chi connectivity index (χ1n) is 11.1. The number of anilines is 2. The van der Waals surface area contributed by atoms with E-state index in [1.165, 1.54) is 9.20 Å². The van der Waals surface area contributed by atoms with Crippen LogP contribution in [0.3, 0.4) is 0 Å². The van der Waals surface area contributed by atoms with E-state index in [1.54, 1.807) is 31.9 Å². The summed E-state index contributed by atoms with van der Waals surface area (Å²) in [7, 11) is -0.359. The first-order chi connectivity index (χ1) is 15.4. The van der Waals surface area contributed by atoms with E-state index >= 15 is 0 Å². The van der Waals surface area contributed by atoms with Crippen molar-refractivity contribution in [2.45, 2.75) is 21.1 Å². The summed E-state index contributed by atoms with van der Waals surface area (Å²) in [5.41, 5.74) is 2.10. The van der Waals surface area contributed by atoms with Gasteiger partial charge in [-0.05, 0) is 43.3 Å². The van der Waals surface area contributed by atoms with Gasteiger partial charge in [-0.1, -0.05) is 23.9 Å². The molecule has 0 aromatic heterocycles. The Balaban J connectivity index is 1.51. The molecular weight excluding hydrogens is 444 g/mol. The van der Waals surface area contributed by atoms with E-state index in [0.29, 0.717) is 4.90 Å². The molecule has 1 fully saturated rings. The Hall–Kier alpha value is -1.62. The third kappa shape index (κ3) is 4.98. The highest BCUT2D eigenvalue weighted by atomic mass is 32.2. The van der Waals surface area contributed by atoms with E-state index in [9.17, 15) is 8.42 Å². The number of aliphatic hydroxyl groups excluding tert-OH is 1. The van der Waals surface area contributed by atoms with Crippen molar-refractivity contribution < 1.29 is 13.5 Å². The highest BCUT2D eigenvalue weighted by Gasteiger charge is 2.26. The predicted molar refractivity (Wildman–Crippen MR) is 129 cm³/mol. The van der Waals surface area contributed by atoms with E-state index < -0.39 is 10.0 Å². The maximum atomic E-state index is 12.7. The topological polar surface area (TPSA) is 67.3 Å². The Morgan fingerprint density at radius 3 is 2.25 bits per heavy atom. The summed E-state index contributed by atoms with van der Waals surface area (Å²) >= 11 is 1.69. The average molecular weight is 477 g/mol. The molecule has 1 saturated heterocycles. The molecule has 0 amide bonds. The van der Waals surface area contributed by atoms with Crippen LogP contribution in [0.5, 0.6) is 0 Å². The Labute approximate surface area is 195 Å². The fraction of sp³-hybridized carbons (Fsp3) is 0.478. The first-order valence-corrected chi connectivity index (χ1v) is 13.3. The molecule has 2 aliphatic heterocycles. The number of para-hydroxylation sites is 1. The largest absolute Gasteiger partial charge is 0.395 e. The molecule has 2 heterocycles. The lowest BCUT2D eigenvalue weighted by molar-refractivity contribution is 0.112. The van der Waals surface area contributed by atoms with Gasteiger partial charge in [-0.15, -0.1) is 0 Å². The van der Waals surface area contributed by atoms with E-state index in [1.807, 2.05) is 24.3 Å². The molecule has 0 spiro atoms. The SMILES string of the molecule is CN(C)S(=O)(=O)c1ccc2c(c1)N(CCCN1CCN(CCO)CC1)c1ccccc1S2. The molecular formula is C23H32N4O3S2. The third-order valence-electron chi connectivity index (χ3n) is 6.11. The number of benzene rings is 2. The molecule has 2 aliphatic rings. The van der Waals surface area contributed by atoms with Crippen molar-refractivity contribution in [3.05, 3.63) is 42.5 Å². The number of hydrogen-bond donors (Lipinski definition) is 1. The lowest BCUT2D eigenvalue weighted by Gasteiger charge is -2.36. The lowest BCUT2D eigenvalue weighted by Crippen LogP contribution is -2.47. The van der Waals surface area contributed by atoms with Crippen molar-refractivity contribution in [2.24, 2.45) is 0 Å². The van der Waals surface area contributed by atoms with Gasteiger partial charge in [0.05, 0.1) is 22.9 Å². The Morgan fingerprint density at radius 1 is 0.906 bits per heavy atom. The van der Waals surface area contributed by atoms with E-state index in [2.05, 4.69) is 26.8 Å². The van der Waals surface area contributed by atoms with Gasteiger partial charge in [0, 0.05) is 63.2 Å². The molecule has 9 heteroatoms. The maximum Gasteiger partial charge on any atom is 0.242 e. The van der Waals surface area contributed by atoms with Crippen molar-refractivity contribution in [1.82, 2.24) is 14.1 Å². The van der Waals surface area contributed by atoms with Crippen molar-refractivity contribution in [2.75, 3.05) is 71.4 Å². The number of piperazine rings is 1. The summed E-state index contributed by atoms with van der Waals surface area (Å²) in [6, 6.07) is 13.8. The van der Waals surface area contributed by atoms with Gasteiger partial charge in [-0.3, -0.25) is 4.90 Å². The van der Waals surface area contributed by atoms with Gasteiger partial charge in [-0.25, -0.2) is 12.7 Å². The number of sulfonamides is 1. The first kappa shape index (κ1) is 23.5. The quantitative estimate of drug-likeness (QED) is 0.628. The van der Waals surface area contributed by atoms with Gasteiger partial charge in [0.1, 0.15) is 0 Å². The van der Waals surface area contributed by atoms with Gasteiger partial charge in [0.2, 0.25) is 10.0 Å². The minimum absolute atomic E-state index is 0.220. The van der Waals surface area contributed by atoms with Crippen LogP contribution >= 0.6 is 11.8 Å². The molecule has 2 aromatic carbocycles. The second-order valence-electron chi connectivity index (χ2n) is 8.40. The standard InChI is InChI=1S/C23H32N4O3S2/c1-24(2)32(29,30)19-8-9-23-21(18-19)27(20-6-3-4-7-22(20)31-23)11-5-10-25-12-14-26(15-13-25)16-17-28/h3-4,6-9,18,28H,5,10-17H2,1-2H3. The molecule has 2 aromatic rings. The summed E-state index contributed by atoms with van der Waals surface area (Å²) < 4.78 is 26.7. The van der Waals surface area contributed by atoms with Gasteiger partial charge in [-0.2, -0.15) is 0 Å². The molecule has 4 rings (SSSR count). The normalized spacial score (nSPS) is 17.4. The fourth-order valence-corrected chi connectivity index (χ4v) is 6.25. The zero-order chi connectivity index (χ0) is 22.7. The number of aliphatic hydroxyl groups is 1. The van der Waals surface area contributed by atoms with Gasteiger partial charge >= 0.3 is 0 Å². The van der Waals surface area contributed by atoms with Crippen LogP contribution in [0.25, 0.3) is 0 Å². The van der Waals surface area contributed by atoms with Crippen LogP contribution in [0.1, 0.15) is 6.42 Å². The number of fused-ring (bicyclic) bond motifs is 2. The monoisotopic (exact) mass is 476 g/mol. The molecule has 174 valence electrons. The van der Waals surface area contributed by atoms with Gasteiger partial charge in [0.15, 0.2) is 0 Å². The van der Waals surface area contributed by atoms with Crippen LogP contribution < -0.4 is 4.90 Å². The molecule has 7 nitrogen and oxygen atoms in total. The molecule has 0 saturated carbocycles. The number of nitrogens with zero attached hydrogens (tertiary/aromatic N) is 4. The van der Waals surface area contributed by atoms with Crippen LogP contribution in [0.4, 0.5) is 11.4 Å². The Morgan fingerprint density at radius 2 is 1.56 bits per heavy atom. The van der Waals surface area contributed by atoms with E-state index in [0.717, 1.165) is 68.5 Å². The van der Waals surface area contributed by atoms with E-state index in [4.69, 9.17) is 5.11 Å². The number of rotatable bonds is 8. The maximum absolute atomic E-state index is 12.7. The highest BCUT2D eigenvalue weighted by molar-refractivity contribution is 7.99. The van der Waals surface area contributed by atoms with Crippen LogP contribution in [0.2, 0.25) is 0 Å². The minimum atomic E-state index is -3.49. The second kappa shape index (κ2) is 10.1. The van der Waals surface area contributed by atoms with Crippen molar-refractivity contribution >= 4 is 33.2 Å². The molecule has 0 unspecified atom stereocenters. The van der Waals surface area contributed by atoms with Crippen LogP contribution in [-0.4, -0.2) is 94.1 Å². The molecule has 32 heavy (non-hydrogen) atoms. The fourth-order valence-electron chi connectivity index (χ4n) is 4.25. The van der Waals surface area contributed by atoms with Gasteiger partial charge in [0.25, 0.3) is 0 Å². The smallest absolute Gasteiger partial charge is 0.242 e. The number of β-amino-alcohol motifs (C(OH)–C–C–N with tert-alkyl or cyclic N) is 1. The summed E-state index contributed by atoms with van der Waals surface area (Å²) in [6.45, 7) is 6.85. The number of hydrogen-bond acceptors (Lipinski definition) is 7. The van der Waals surface area contributed by atoms with Crippen LogP contribution in [0, 0.1) is 0 Å². The minimum Gasteiger partial charge on any atom is -0.395 e. The molecule has 0 radical (unpaired) electrons. The average Bonchev–Trinajstić information content (AvgIpc) is 2.79. The van der Waals surface area contributed by atoms with Crippen LogP contribution in [-0.2, 0) is 10.0 Å². The van der Waals surface area contributed by atoms with Gasteiger partial charge < -0.3 is 14.9 Å². The van der Waals surface area contributed by atoms with Crippen LogP contribution in [0.15, 0.2) is 57.2 Å². The van der Waals surface area contributed by atoms with Crippen molar-refractivity contribution in [3.8, 4) is 0 Å².